The number of hydrogen-bond donors (Lipinski definition) is 2. The fourth-order valence-corrected chi connectivity index (χ4v) is 4.80. The first kappa shape index (κ1) is 26.2. The Kier molecular flexibility index (Phi) is 7.51. The van der Waals surface area contributed by atoms with Crippen LogP contribution in [0.25, 0.3) is 0 Å². The molecule has 3 amide bonds. The molecule has 2 aliphatic rings. The van der Waals surface area contributed by atoms with Crippen LogP contribution < -0.4 is 5.32 Å². The molecule has 4 rings (SSSR count). The number of aromatic nitrogens is 2. The molecule has 1 fully saturated rings. The number of nitrogens with one attached hydrogen (secondary N) is 2. The summed E-state index contributed by atoms with van der Waals surface area (Å²) in [6.45, 7) is 3.36. The van der Waals surface area contributed by atoms with Crippen LogP contribution in [-0.4, -0.2) is 69.4 Å². The van der Waals surface area contributed by atoms with Crippen LogP contribution in [0.5, 0.6) is 0 Å². The first-order valence-electron chi connectivity index (χ1n) is 12.0. The molecule has 196 valence electrons. The van der Waals surface area contributed by atoms with Gasteiger partial charge in [-0.2, -0.15) is 18.3 Å². The first-order chi connectivity index (χ1) is 17.6. The second-order valence-electron chi connectivity index (χ2n) is 9.30. The van der Waals surface area contributed by atoms with Crippen LogP contribution >= 0.6 is 0 Å². The van der Waals surface area contributed by atoms with Crippen LogP contribution in [0.2, 0.25) is 0 Å². The van der Waals surface area contributed by atoms with E-state index in [2.05, 4.69) is 15.5 Å². The molecule has 8 nitrogen and oxygen atoms in total. The number of allylic oxidation sites excluding steroid dienone is 4. The second-order valence-corrected chi connectivity index (χ2v) is 9.30. The molecule has 2 aromatic rings. The standard InChI is InChI=1S/C26H28F3N5O3/c1-16-14-33(15-17(2)34(16)25(37)19-10-6-7-11-20(19)26(27,28)29)23(35)13-30-24(36)22-12-21(31-32-22)18-8-4-3-5-9-18/h3-8,10-12,16-18H,9,13-15H2,1-2H3,(H,30,36)(H,31,32). The minimum atomic E-state index is -4.66. The minimum Gasteiger partial charge on any atom is -0.342 e. The van der Waals surface area contributed by atoms with Gasteiger partial charge in [0.2, 0.25) is 5.91 Å². The van der Waals surface area contributed by atoms with Crippen molar-refractivity contribution in [2.75, 3.05) is 19.6 Å². The number of piperazine rings is 1. The predicted molar refractivity (Wildman–Crippen MR) is 130 cm³/mol. The number of carbonyl (C=O) groups excluding carboxylic acids is 3. The molecule has 1 aromatic heterocycles. The number of amides is 3. The molecule has 0 bridgehead atoms. The number of hydrogen-bond acceptors (Lipinski definition) is 4. The third kappa shape index (κ3) is 5.76. The molecule has 1 aliphatic carbocycles. The van der Waals surface area contributed by atoms with Crippen molar-refractivity contribution in [1.82, 2.24) is 25.3 Å². The van der Waals surface area contributed by atoms with Crippen molar-refractivity contribution >= 4 is 17.7 Å². The molecule has 1 saturated heterocycles. The lowest BCUT2D eigenvalue weighted by Crippen LogP contribution is -2.60. The fraction of sp³-hybridized carbons (Fsp3) is 0.385. The summed E-state index contributed by atoms with van der Waals surface area (Å²) in [5.41, 5.74) is -0.434. The lowest BCUT2D eigenvalue weighted by atomic mass is 9.97. The van der Waals surface area contributed by atoms with E-state index >= 15 is 0 Å². The van der Waals surface area contributed by atoms with Gasteiger partial charge in [-0.1, -0.05) is 36.4 Å². The number of nitrogens with zero attached hydrogens (tertiary/aromatic N) is 3. The normalized spacial score (nSPS) is 21.7. The Labute approximate surface area is 212 Å². The summed E-state index contributed by atoms with van der Waals surface area (Å²) >= 11 is 0. The second kappa shape index (κ2) is 10.6. The van der Waals surface area contributed by atoms with Gasteiger partial charge < -0.3 is 15.1 Å². The molecular formula is C26H28F3N5O3. The van der Waals surface area contributed by atoms with Crippen LogP contribution in [-0.2, 0) is 11.0 Å². The molecule has 1 aromatic carbocycles. The van der Waals surface area contributed by atoms with E-state index in [1.165, 1.54) is 28.0 Å². The molecule has 3 unspecified atom stereocenters. The van der Waals surface area contributed by atoms with E-state index in [9.17, 15) is 27.6 Å². The Balaban J connectivity index is 1.35. The Morgan fingerprint density at radius 1 is 1.11 bits per heavy atom. The summed E-state index contributed by atoms with van der Waals surface area (Å²) < 4.78 is 40.3. The SMILES string of the molecule is CC1CN(C(=O)CNC(=O)c2cc(C3C=CC=CC3)[nH]n2)CC(C)N1C(=O)c1ccccc1C(F)(F)F. The third-order valence-corrected chi connectivity index (χ3v) is 6.58. The van der Waals surface area contributed by atoms with Gasteiger partial charge in [-0.25, -0.2) is 0 Å². The summed E-state index contributed by atoms with van der Waals surface area (Å²) in [7, 11) is 0. The Hall–Kier alpha value is -3.89. The predicted octanol–water partition coefficient (Wildman–Crippen LogP) is 3.52. The zero-order chi connectivity index (χ0) is 26.7. The smallest absolute Gasteiger partial charge is 0.342 e. The van der Waals surface area contributed by atoms with E-state index in [0.29, 0.717) is 0 Å². The number of alkyl halides is 3. The lowest BCUT2D eigenvalue weighted by Gasteiger charge is -2.44. The maximum absolute atomic E-state index is 13.4. The topological polar surface area (TPSA) is 98.4 Å². The number of carbonyl (C=O) groups is 3. The molecule has 2 heterocycles. The zero-order valence-corrected chi connectivity index (χ0v) is 20.5. The van der Waals surface area contributed by atoms with E-state index < -0.39 is 41.2 Å². The van der Waals surface area contributed by atoms with Crippen molar-refractivity contribution < 1.29 is 27.6 Å². The van der Waals surface area contributed by atoms with Gasteiger partial charge in [-0.3, -0.25) is 19.5 Å². The highest BCUT2D eigenvalue weighted by Gasteiger charge is 2.40. The Bertz CT molecular complexity index is 1220. The van der Waals surface area contributed by atoms with E-state index in [-0.39, 0.29) is 37.2 Å². The maximum atomic E-state index is 13.4. The van der Waals surface area contributed by atoms with Crippen LogP contribution in [0.3, 0.4) is 0 Å². The van der Waals surface area contributed by atoms with Crippen molar-refractivity contribution in [1.29, 1.82) is 0 Å². The molecule has 0 spiro atoms. The first-order valence-corrected chi connectivity index (χ1v) is 12.0. The third-order valence-electron chi connectivity index (χ3n) is 6.58. The fourth-order valence-electron chi connectivity index (χ4n) is 4.80. The van der Waals surface area contributed by atoms with Gasteiger partial charge in [-0.05, 0) is 38.5 Å². The van der Waals surface area contributed by atoms with Gasteiger partial charge >= 0.3 is 6.18 Å². The highest BCUT2D eigenvalue weighted by atomic mass is 19.4. The molecule has 11 heteroatoms. The van der Waals surface area contributed by atoms with Gasteiger partial charge in [0.25, 0.3) is 11.8 Å². The van der Waals surface area contributed by atoms with Crippen molar-refractivity contribution in [2.45, 2.75) is 44.4 Å². The summed E-state index contributed by atoms with van der Waals surface area (Å²) in [5.74, 6) is -1.48. The van der Waals surface area contributed by atoms with Gasteiger partial charge in [-0.15, -0.1) is 0 Å². The van der Waals surface area contributed by atoms with Crippen molar-refractivity contribution in [2.24, 2.45) is 0 Å². The number of H-pyrrole nitrogens is 1. The lowest BCUT2D eigenvalue weighted by molar-refractivity contribution is -0.138. The van der Waals surface area contributed by atoms with Crippen LogP contribution in [0.1, 0.15) is 58.3 Å². The molecular weight excluding hydrogens is 487 g/mol. The van der Waals surface area contributed by atoms with Crippen molar-refractivity contribution in [3.05, 3.63) is 77.2 Å². The van der Waals surface area contributed by atoms with E-state index in [1.807, 2.05) is 24.3 Å². The summed E-state index contributed by atoms with van der Waals surface area (Å²) in [4.78, 5) is 41.3. The zero-order valence-electron chi connectivity index (χ0n) is 20.5. The van der Waals surface area contributed by atoms with Gasteiger partial charge in [0.15, 0.2) is 0 Å². The highest BCUT2D eigenvalue weighted by molar-refractivity contribution is 5.97. The minimum absolute atomic E-state index is 0.103. The Morgan fingerprint density at radius 3 is 2.46 bits per heavy atom. The summed E-state index contributed by atoms with van der Waals surface area (Å²) in [5, 5.41) is 9.48. The number of benzene rings is 1. The largest absolute Gasteiger partial charge is 0.417 e. The van der Waals surface area contributed by atoms with Crippen LogP contribution in [0.4, 0.5) is 13.2 Å². The number of halogens is 3. The molecule has 2 N–H and O–H groups in total. The van der Waals surface area contributed by atoms with Crippen molar-refractivity contribution in [3.63, 3.8) is 0 Å². The summed E-state index contributed by atoms with van der Waals surface area (Å²) in [6, 6.07) is 5.29. The molecule has 1 aliphatic heterocycles. The van der Waals surface area contributed by atoms with Crippen molar-refractivity contribution in [3.8, 4) is 0 Å². The van der Waals surface area contributed by atoms with E-state index in [0.717, 1.165) is 18.2 Å². The average molecular weight is 516 g/mol. The molecule has 37 heavy (non-hydrogen) atoms. The van der Waals surface area contributed by atoms with E-state index in [1.54, 1.807) is 19.9 Å². The monoisotopic (exact) mass is 515 g/mol. The number of rotatable bonds is 5. The molecule has 0 saturated carbocycles. The quantitative estimate of drug-likeness (QED) is 0.637. The van der Waals surface area contributed by atoms with Gasteiger partial charge in [0.1, 0.15) is 5.69 Å². The van der Waals surface area contributed by atoms with E-state index in [4.69, 9.17) is 0 Å². The van der Waals surface area contributed by atoms with Gasteiger partial charge in [0.05, 0.1) is 17.7 Å². The molecule has 3 atom stereocenters. The highest BCUT2D eigenvalue weighted by Crippen LogP contribution is 2.33. The maximum Gasteiger partial charge on any atom is 0.417 e. The van der Waals surface area contributed by atoms with Crippen LogP contribution in [0, 0.1) is 0 Å². The summed E-state index contributed by atoms with van der Waals surface area (Å²) in [6.07, 6.45) is 4.04. The molecule has 0 radical (unpaired) electrons. The number of aromatic amines is 1. The average Bonchev–Trinajstić information content (AvgIpc) is 3.37. The Morgan fingerprint density at radius 2 is 1.81 bits per heavy atom. The van der Waals surface area contributed by atoms with Crippen LogP contribution in [0.15, 0.2) is 54.6 Å². The van der Waals surface area contributed by atoms with Gasteiger partial charge in [0, 0.05) is 36.8 Å².